The van der Waals surface area contributed by atoms with Gasteiger partial charge in [0.25, 0.3) is 0 Å². The number of aromatic carboxylic acids is 1. The molecule has 0 aliphatic rings. The first kappa shape index (κ1) is 15.3. The van der Waals surface area contributed by atoms with Gasteiger partial charge in [0.2, 0.25) is 0 Å². The molecular formula is C13H16ClNO4. The van der Waals surface area contributed by atoms with E-state index < -0.39 is 17.7 Å². The smallest absolute Gasteiger partial charge is 0.407 e. The van der Waals surface area contributed by atoms with Crippen LogP contribution in [0.3, 0.4) is 0 Å². The Hall–Kier alpha value is -1.75. The Morgan fingerprint density at radius 3 is 2.53 bits per heavy atom. The molecule has 0 aliphatic carbocycles. The van der Waals surface area contributed by atoms with Gasteiger partial charge in [0.1, 0.15) is 5.60 Å². The topological polar surface area (TPSA) is 75.6 Å². The van der Waals surface area contributed by atoms with E-state index in [9.17, 15) is 9.59 Å². The van der Waals surface area contributed by atoms with Gasteiger partial charge in [0, 0.05) is 11.6 Å². The minimum atomic E-state index is -1.05. The van der Waals surface area contributed by atoms with Crippen LogP contribution in [-0.4, -0.2) is 22.8 Å². The van der Waals surface area contributed by atoms with E-state index in [0.29, 0.717) is 10.6 Å². The molecule has 0 fully saturated rings. The number of halogens is 1. The van der Waals surface area contributed by atoms with Crippen molar-refractivity contribution in [1.82, 2.24) is 5.32 Å². The minimum absolute atomic E-state index is 0.106. The average molecular weight is 286 g/mol. The molecule has 2 N–H and O–H groups in total. The van der Waals surface area contributed by atoms with Gasteiger partial charge in [0.05, 0.1) is 5.56 Å². The highest BCUT2D eigenvalue weighted by Gasteiger charge is 2.16. The predicted molar refractivity (Wildman–Crippen MR) is 71.5 cm³/mol. The molecule has 0 heterocycles. The molecule has 1 aromatic rings. The van der Waals surface area contributed by atoms with E-state index in [2.05, 4.69) is 5.32 Å². The maximum Gasteiger partial charge on any atom is 0.407 e. The van der Waals surface area contributed by atoms with Gasteiger partial charge >= 0.3 is 12.1 Å². The van der Waals surface area contributed by atoms with Gasteiger partial charge < -0.3 is 15.2 Å². The van der Waals surface area contributed by atoms with Crippen molar-refractivity contribution in [3.63, 3.8) is 0 Å². The van der Waals surface area contributed by atoms with E-state index in [1.807, 2.05) is 0 Å². The van der Waals surface area contributed by atoms with Crippen LogP contribution < -0.4 is 5.32 Å². The van der Waals surface area contributed by atoms with Crippen molar-refractivity contribution in [3.8, 4) is 0 Å². The zero-order valence-electron chi connectivity index (χ0n) is 11.0. The zero-order chi connectivity index (χ0) is 14.6. The number of carbonyl (C=O) groups is 2. The summed E-state index contributed by atoms with van der Waals surface area (Å²) < 4.78 is 5.07. The second kappa shape index (κ2) is 5.93. The molecule has 19 heavy (non-hydrogen) atoms. The molecule has 0 bridgehead atoms. The molecular weight excluding hydrogens is 270 g/mol. The van der Waals surface area contributed by atoms with Gasteiger partial charge in [-0.3, -0.25) is 0 Å². The number of hydrogen-bond donors (Lipinski definition) is 2. The number of benzene rings is 1. The standard InChI is InChI=1S/C13H16ClNO4/c1-13(2,3)19-12(18)15-7-9-6-8(11(16)17)4-5-10(9)14/h4-6H,7H2,1-3H3,(H,15,18)(H,16,17). The fraction of sp³-hybridized carbons (Fsp3) is 0.385. The maximum absolute atomic E-state index is 11.5. The van der Waals surface area contributed by atoms with E-state index in [1.54, 1.807) is 20.8 Å². The van der Waals surface area contributed by atoms with E-state index >= 15 is 0 Å². The number of rotatable bonds is 3. The van der Waals surface area contributed by atoms with E-state index in [4.69, 9.17) is 21.4 Å². The number of carboxylic acids is 1. The summed E-state index contributed by atoms with van der Waals surface area (Å²) in [7, 11) is 0. The summed E-state index contributed by atoms with van der Waals surface area (Å²) >= 11 is 5.93. The Kier molecular flexibility index (Phi) is 4.78. The molecule has 0 unspecified atom stereocenters. The molecule has 0 aliphatic heterocycles. The van der Waals surface area contributed by atoms with Crippen LogP contribution in [0.4, 0.5) is 4.79 Å². The first-order chi connectivity index (χ1) is 8.69. The lowest BCUT2D eigenvalue weighted by Gasteiger charge is -2.19. The first-order valence-corrected chi connectivity index (χ1v) is 6.05. The third kappa shape index (κ3) is 5.18. The van der Waals surface area contributed by atoms with Crippen molar-refractivity contribution in [2.75, 3.05) is 0 Å². The lowest BCUT2D eigenvalue weighted by atomic mass is 10.1. The van der Waals surface area contributed by atoms with Crippen molar-refractivity contribution in [3.05, 3.63) is 34.3 Å². The van der Waals surface area contributed by atoms with Crippen molar-refractivity contribution in [2.24, 2.45) is 0 Å². The molecule has 1 aromatic carbocycles. The molecule has 6 heteroatoms. The van der Waals surface area contributed by atoms with Crippen molar-refractivity contribution in [1.29, 1.82) is 0 Å². The molecule has 0 saturated heterocycles. The number of carboxylic acid groups (broad SMARTS) is 1. The van der Waals surface area contributed by atoms with Gasteiger partial charge in [-0.25, -0.2) is 9.59 Å². The number of carbonyl (C=O) groups excluding carboxylic acids is 1. The number of alkyl carbamates (subject to hydrolysis) is 1. The molecule has 0 atom stereocenters. The largest absolute Gasteiger partial charge is 0.478 e. The fourth-order valence-electron chi connectivity index (χ4n) is 1.32. The Labute approximate surface area is 116 Å². The van der Waals surface area contributed by atoms with E-state index in [0.717, 1.165) is 0 Å². The lowest BCUT2D eigenvalue weighted by Crippen LogP contribution is -2.32. The molecule has 1 amide bonds. The SMILES string of the molecule is CC(C)(C)OC(=O)NCc1cc(C(=O)O)ccc1Cl. The average Bonchev–Trinajstić information content (AvgIpc) is 2.25. The van der Waals surface area contributed by atoms with E-state index in [-0.39, 0.29) is 12.1 Å². The molecule has 0 aromatic heterocycles. The van der Waals surface area contributed by atoms with Crippen molar-refractivity contribution >= 4 is 23.7 Å². The van der Waals surface area contributed by atoms with Gasteiger partial charge in [-0.1, -0.05) is 11.6 Å². The molecule has 0 saturated carbocycles. The molecule has 5 nitrogen and oxygen atoms in total. The van der Waals surface area contributed by atoms with Gasteiger partial charge in [-0.05, 0) is 44.5 Å². The van der Waals surface area contributed by atoms with Crippen LogP contribution in [0.1, 0.15) is 36.7 Å². The van der Waals surface area contributed by atoms with Crippen LogP contribution in [0.2, 0.25) is 5.02 Å². The van der Waals surface area contributed by atoms with Crippen LogP contribution in [-0.2, 0) is 11.3 Å². The van der Waals surface area contributed by atoms with Crippen LogP contribution in [0.25, 0.3) is 0 Å². The summed E-state index contributed by atoms with van der Waals surface area (Å²) in [5.74, 6) is -1.05. The first-order valence-electron chi connectivity index (χ1n) is 5.67. The van der Waals surface area contributed by atoms with Crippen LogP contribution in [0.15, 0.2) is 18.2 Å². The summed E-state index contributed by atoms with van der Waals surface area (Å²) in [6.07, 6.45) is -0.579. The lowest BCUT2D eigenvalue weighted by molar-refractivity contribution is 0.0523. The zero-order valence-corrected chi connectivity index (χ0v) is 11.7. The van der Waals surface area contributed by atoms with Crippen molar-refractivity contribution < 1.29 is 19.4 Å². The summed E-state index contributed by atoms with van der Waals surface area (Å²) in [5, 5.41) is 11.8. The van der Waals surface area contributed by atoms with Gasteiger partial charge in [-0.15, -0.1) is 0 Å². The maximum atomic E-state index is 11.5. The van der Waals surface area contributed by atoms with Crippen molar-refractivity contribution in [2.45, 2.75) is 32.9 Å². The Morgan fingerprint density at radius 1 is 1.37 bits per heavy atom. The fourth-order valence-corrected chi connectivity index (χ4v) is 1.51. The van der Waals surface area contributed by atoms with Crippen LogP contribution in [0, 0.1) is 0 Å². The highest BCUT2D eigenvalue weighted by Crippen LogP contribution is 2.18. The van der Waals surface area contributed by atoms with Gasteiger partial charge in [0.15, 0.2) is 0 Å². The number of nitrogens with one attached hydrogen (secondary N) is 1. The third-order valence-electron chi connectivity index (χ3n) is 2.11. The van der Waals surface area contributed by atoms with Gasteiger partial charge in [-0.2, -0.15) is 0 Å². The van der Waals surface area contributed by atoms with Crippen LogP contribution >= 0.6 is 11.6 Å². The summed E-state index contributed by atoms with van der Waals surface area (Å²) in [6, 6.07) is 4.31. The predicted octanol–water partition coefficient (Wildman–Crippen LogP) is 3.06. The Bertz CT molecular complexity index is 494. The highest BCUT2D eigenvalue weighted by molar-refractivity contribution is 6.31. The number of ether oxygens (including phenoxy) is 1. The van der Waals surface area contributed by atoms with E-state index in [1.165, 1.54) is 18.2 Å². The summed E-state index contributed by atoms with van der Waals surface area (Å²) in [5.41, 5.74) is 0.0503. The molecule has 1 rings (SSSR count). The summed E-state index contributed by atoms with van der Waals surface area (Å²) in [6.45, 7) is 5.37. The Balaban J connectivity index is 2.70. The highest BCUT2D eigenvalue weighted by atomic mass is 35.5. The minimum Gasteiger partial charge on any atom is -0.478 e. The second-order valence-corrected chi connectivity index (χ2v) is 5.37. The number of hydrogen-bond acceptors (Lipinski definition) is 3. The molecule has 0 radical (unpaired) electrons. The normalized spacial score (nSPS) is 10.9. The summed E-state index contributed by atoms with van der Waals surface area (Å²) in [4.78, 5) is 22.3. The molecule has 104 valence electrons. The third-order valence-corrected chi connectivity index (χ3v) is 2.48. The Morgan fingerprint density at radius 2 is 2.00 bits per heavy atom. The monoisotopic (exact) mass is 285 g/mol. The number of amides is 1. The quantitative estimate of drug-likeness (QED) is 0.895. The molecule has 0 spiro atoms. The van der Waals surface area contributed by atoms with Crippen LogP contribution in [0.5, 0.6) is 0 Å². The second-order valence-electron chi connectivity index (χ2n) is 4.97.